The molecule has 5 nitrogen and oxygen atoms in total. The molecule has 1 aliphatic carbocycles. The minimum absolute atomic E-state index is 0.0673. The molecule has 1 aromatic heterocycles. The van der Waals surface area contributed by atoms with E-state index in [1.807, 2.05) is 32.8 Å². The Balaban J connectivity index is 2.12. The Morgan fingerprint density at radius 2 is 2.06 bits per heavy atom. The molecular formula is C13H21N3O2. The molecule has 0 unspecified atom stereocenters. The van der Waals surface area contributed by atoms with Crippen molar-refractivity contribution in [3.63, 3.8) is 0 Å². The summed E-state index contributed by atoms with van der Waals surface area (Å²) in [5.41, 5.74) is 2.46. The van der Waals surface area contributed by atoms with Crippen LogP contribution in [0.2, 0.25) is 0 Å². The van der Waals surface area contributed by atoms with Gasteiger partial charge in [0.2, 0.25) is 0 Å². The maximum atomic E-state index is 12.5. The summed E-state index contributed by atoms with van der Waals surface area (Å²) < 4.78 is 7.01. The van der Waals surface area contributed by atoms with Crippen LogP contribution in [0.1, 0.15) is 34.6 Å². The van der Waals surface area contributed by atoms with E-state index in [2.05, 4.69) is 5.10 Å². The molecule has 1 saturated carbocycles. The first kappa shape index (κ1) is 13.1. The lowest BCUT2D eigenvalue weighted by Gasteiger charge is -2.40. The minimum atomic E-state index is 0.0673. The highest BCUT2D eigenvalue weighted by Crippen LogP contribution is 2.28. The number of methoxy groups -OCH3 is 1. The van der Waals surface area contributed by atoms with Crippen LogP contribution in [-0.2, 0) is 11.8 Å². The number of carbonyl (C=O) groups is 1. The molecule has 0 radical (unpaired) electrons. The number of amides is 1. The minimum Gasteiger partial charge on any atom is -0.381 e. The Bertz CT molecular complexity index is 461. The fourth-order valence-corrected chi connectivity index (χ4v) is 2.47. The van der Waals surface area contributed by atoms with Gasteiger partial charge in [0, 0.05) is 32.9 Å². The van der Waals surface area contributed by atoms with Crippen LogP contribution >= 0.6 is 0 Å². The van der Waals surface area contributed by atoms with Crippen LogP contribution in [0.4, 0.5) is 0 Å². The number of nitrogens with zero attached hydrogens (tertiary/aromatic N) is 3. The van der Waals surface area contributed by atoms with Gasteiger partial charge in [-0.1, -0.05) is 0 Å². The van der Waals surface area contributed by atoms with E-state index in [9.17, 15) is 4.79 Å². The van der Waals surface area contributed by atoms with E-state index < -0.39 is 0 Å². The van der Waals surface area contributed by atoms with Gasteiger partial charge in [-0.15, -0.1) is 0 Å². The van der Waals surface area contributed by atoms with Crippen molar-refractivity contribution in [2.45, 2.75) is 38.8 Å². The molecule has 0 N–H and O–H groups in total. The van der Waals surface area contributed by atoms with Gasteiger partial charge in [0.15, 0.2) is 0 Å². The van der Waals surface area contributed by atoms with Gasteiger partial charge in [0.05, 0.1) is 17.4 Å². The molecule has 1 heterocycles. The summed E-state index contributed by atoms with van der Waals surface area (Å²) in [6.45, 7) is 3.81. The Labute approximate surface area is 108 Å². The highest BCUT2D eigenvalue weighted by atomic mass is 16.5. The van der Waals surface area contributed by atoms with E-state index >= 15 is 0 Å². The van der Waals surface area contributed by atoms with Crippen molar-refractivity contribution in [3.8, 4) is 0 Å². The van der Waals surface area contributed by atoms with E-state index in [0.29, 0.717) is 12.1 Å². The third-order valence-electron chi connectivity index (χ3n) is 3.99. The molecule has 5 heteroatoms. The van der Waals surface area contributed by atoms with E-state index in [4.69, 9.17) is 4.74 Å². The summed E-state index contributed by atoms with van der Waals surface area (Å²) in [5, 5.41) is 4.29. The monoisotopic (exact) mass is 251 g/mol. The van der Waals surface area contributed by atoms with Gasteiger partial charge in [-0.3, -0.25) is 9.48 Å². The zero-order valence-corrected chi connectivity index (χ0v) is 11.7. The number of rotatable bonds is 3. The van der Waals surface area contributed by atoms with Crippen LogP contribution < -0.4 is 0 Å². The average molecular weight is 251 g/mol. The molecule has 0 bridgehead atoms. The Morgan fingerprint density at radius 3 is 2.50 bits per heavy atom. The maximum absolute atomic E-state index is 12.5. The average Bonchev–Trinajstić information content (AvgIpc) is 2.50. The van der Waals surface area contributed by atoms with Gasteiger partial charge < -0.3 is 9.64 Å². The molecule has 18 heavy (non-hydrogen) atoms. The molecule has 2 rings (SSSR count). The third kappa shape index (κ3) is 2.03. The van der Waals surface area contributed by atoms with Crippen LogP contribution in [-0.4, -0.2) is 46.9 Å². The number of ether oxygens (including phenoxy) is 1. The number of aryl methyl sites for hydroxylation is 2. The zero-order valence-electron chi connectivity index (χ0n) is 11.7. The number of hydrogen-bond donors (Lipinski definition) is 0. The molecule has 1 aliphatic rings. The standard InChI is InChI=1S/C13H21N3O2/c1-8-12(9(2)16(4)14-8)13(17)15(3)10-6-11(7-10)18-5/h10-11H,6-7H2,1-5H3. The van der Waals surface area contributed by atoms with Gasteiger partial charge in [-0.25, -0.2) is 0 Å². The molecule has 0 aromatic carbocycles. The molecule has 0 aliphatic heterocycles. The fourth-order valence-electron chi connectivity index (χ4n) is 2.47. The number of aromatic nitrogens is 2. The van der Waals surface area contributed by atoms with Crippen molar-refractivity contribution in [2.75, 3.05) is 14.2 Å². The van der Waals surface area contributed by atoms with Gasteiger partial charge >= 0.3 is 0 Å². The lowest BCUT2D eigenvalue weighted by Crippen LogP contribution is -2.48. The van der Waals surface area contributed by atoms with Crippen molar-refractivity contribution in [3.05, 3.63) is 17.0 Å². The smallest absolute Gasteiger partial charge is 0.257 e. The predicted molar refractivity (Wildman–Crippen MR) is 68.6 cm³/mol. The molecule has 0 atom stereocenters. The lowest BCUT2D eigenvalue weighted by molar-refractivity contribution is -0.0145. The number of carbonyl (C=O) groups excluding carboxylic acids is 1. The predicted octanol–water partition coefficient (Wildman–Crippen LogP) is 1.29. The summed E-state index contributed by atoms with van der Waals surface area (Å²) in [6, 6.07) is 0.293. The Hall–Kier alpha value is -1.36. The largest absolute Gasteiger partial charge is 0.381 e. The molecule has 1 fully saturated rings. The second-order valence-corrected chi connectivity index (χ2v) is 5.07. The fraction of sp³-hybridized carbons (Fsp3) is 0.692. The second kappa shape index (κ2) is 4.72. The van der Waals surface area contributed by atoms with Crippen LogP contribution in [0.25, 0.3) is 0 Å². The van der Waals surface area contributed by atoms with Gasteiger partial charge in [0.25, 0.3) is 5.91 Å². The van der Waals surface area contributed by atoms with E-state index in [1.165, 1.54) is 0 Å². The first-order valence-corrected chi connectivity index (χ1v) is 6.25. The second-order valence-electron chi connectivity index (χ2n) is 5.07. The lowest BCUT2D eigenvalue weighted by atomic mass is 9.87. The summed E-state index contributed by atoms with van der Waals surface area (Å²) in [5.74, 6) is 0.0673. The molecule has 0 spiro atoms. The Morgan fingerprint density at radius 1 is 1.44 bits per heavy atom. The summed E-state index contributed by atoms with van der Waals surface area (Å²) in [4.78, 5) is 14.3. The van der Waals surface area contributed by atoms with Crippen molar-refractivity contribution < 1.29 is 9.53 Å². The number of hydrogen-bond acceptors (Lipinski definition) is 3. The molecule has 1 aromatic rings. The summed E-state index contributed by atoms with van der Waals surface area (Å²) >= 11 is 0. The topological polar surface area (TPSA) is 47.4 Å². The molecule has 100 valence electrons. The first-order chi connectivity index (χ1) is 8.45. The van der Waals surface area contributed by atoms with Gasteiger partial charge in [-0.2, -0.15) is 5.10 Å². The SMILES string of the molecule is COC1CC(N(C)C(=O)c2c(C)nn(C)c2C)C1. The van der Waals surface area contributed by atoms with Crippen molar-refractivity contribution >= 4 is 5.91 Å². The van der Waals surface area contributed by atoms with Crippen LogP contribution in [0.5, 0.6) is 0 Å². The quantitative estimate of drug-likeness (QED) is 0.813. The van der Waals surface area contributed by atoms with Crippen LogP contribution in [0.3, 0.4) is 0 Å². The van der Waals surface area contributed by atoms with Crippen molar-refractivity contribution in [2.24, 2.45) is 7.05 Å². The molecule has 1 amide bonds. The summed E-state index contributed by atoms with van der Waals surface area (Å²) in [7, 11) is 5.45. The molecular weight excluding hydrogens is 230 g/mol. The highest BCUT2D eigenvalue weighted by Gasteiger charge is 2.35. The normalized spacial score (nSPS) is 22.7. The maximum Gasteiger partial charge on any atom is 0.257 e. The van der Waals surface area contributed by atoms with E-state index in [0.717, 1.165) is 29.8 Å². The van der Waals surface area contributed by atoms with E-state index in [-0.39, 0.29) is 5.91 Å². The van der Waals surface area contributed by atoms with Crippen LogP contribution in [0, 0.1) is 13.8 Å². The van der Waals surface area contributed by atoms with E-state index in [1.54, 1.807) is 11.8 Å². The van der Waals surface area contributed by atoms with Gasteiger partial charge in [0.1, 0.15) is 0 Å². The third-order valence-corrected chi connectivity index (χ3v) is 3.99. The van der Waals surface area contributed by atoms with Crippen molar-refractivity contribution in [1.29, 1.82) is 0 Å². The molecule has 0 saturated heterocycles. The van der Waals surface area contributed by atoms with Crippen LogP contribution in [0.15, 0.2) is 0 Å². The summed E-state index contributed by atoms with van der Waals surface area (Å²) in [6.07, 6.45) is 2.16. The first-order valence-electron chi connectivity index (χ1n) is 6.25. The Kier molecular flexibility index (Phi) is 3.43. The van der Waals surface area contributed by atoms with Gasteiger partial charge in [-0.05, 0) is 26.7 Å². The zero-order chi connectivity index (χ0) is 13.4. The van der Waals surface area contributed by atoms with Crippen molar-refractivity contribution in [1.82, 2.24) is 14.7 Å². The highest BCUT2D eigenvalue weighted by molar-refractivity contribution is 5.96.